The molecule has 2 heterocycles. The minimum atomic E-state index is -0.933. The number of ether oxygens (including phenoxy) is 1. The van der Waals surface area contributed by atoms with Gasteiger partial charge in [-0.1, -0.05) is 0 Å². The fraction of sp³-hybridized carbons (Fsp3) is 0.500. The highest BCUT2D eigenvalue weighted by Gasteiger charge is 2.35. The molecule has 1 aromatic carbocycles. The van der Waals surface area contributed by atoms with Crippen molar-refractivity contribution in [3.05, 3.63) is 47.2 Å². The number of aromatic nitrogens is 2. The number of anilines is 1. The van der Waals surface area contributed by atoms with Gasteiger partial charge < -0.3 is 20.1 Å². The van der Waals surface area contributed by atoms with Crippen LogP contribution in [0.3, 0.4) is 0 Å². The van der Waals surface area contributed by atoms with Gasteiger partial charge in [-0.2, -0.15) is 5.10 Å². The fourth-order valence-electron chi connectivity index (χ4n) is 4.61. The number of amides is 2. The summed E-state index contributed by atoms with van der Waals surface area (Å²) < 4.78 is 32.2. The standard InChI is InChI=1S/C22H26F2N4O4/c23-15-6-13(7-16(24)10-15)8-21(29)25-20-11-19(26-27-20)14-3-4-17(9-14)28(22(30)31)12-18-2-1-5-32-18/h6-7,10-11,14,17-18H,1-5,8-9,12H2,(H,30,31)(H2,25,26,27,29)/t14?,17?,18-/m1/s1. The topological polar surface area (TPSA) is 108 Å². The van der Waals surface area contributed by atoms with Gasteiger partial charge in [0.1, 0.15) is 11.6 Å². The molecule has 8 nitrogen and oxygen atoms in total. The maximum absolute atomic E-state index is 13.3. The van der Waals surface area contributed by atoms with Crippen molar-refractivity contribution in [1.29, 1.82) is 0 Å². The lowest BCUT2D eigenvalue weighted by atomic mass is 10.0. The Morgan fingerprint density at radius 3 is 2.66 bits per heavy atom. The summed E-state index contributed by atoms with van der Waals surface area (Å²) in [5.41, 5.74) is 1.05. The maximum Gasteiger partial charge on any atom is 0.407 e. The second-order valence-electron chi connectivity index (χ2n) is 8.44. The lowest BCUT2D eigenvalue weighted by Crippen LogP contribution is -2.42. The van der Waals surface area contributed by atoms with Crippen LogP contribution in [0, 0.1) is 11.6 Å². The van der Waals surface area contributed by atoms with E-state index in [1.165, 1.54) is 4.90 Å². The number of aromatic amines is 1. The van der Waals surface area contributed by atoms with Crippen molar-refractivity contribution < 1.29 is 28.2 Å². The molecule has 1 saturated heterocycles. The van der Waals surface area contributed by atoms with Gasteiger partial charge >= 0.3 is 6.09 Å². The van der Waals surface area contributed by atoms with E-state index in [0.29, 0.717) is 25.4 Å². The van der Waals surface area contributed by atoms with Gasteiger partial charge in [0.25, 0.3) is 0 Å². The Hall–Kier alpha value is -3.01. The molecule has 2 aromatic rings. The first-order valence-corrected chi connectivity index (χ1v) is 10.8. The van der Waals surface area contributed by atoms with E-state index in [0.717, 1.165) is 49.6 Å². The first-order chi connectivity index (χ1) is 15.4. The highest BCUT2D eigenvalue weighted by atomic mass is 19.1. The second-order valence-corrected chi connectivity index (χ2v) is 8.44. The zero-order valence-corrected chi connectivity index (χ0v) is 17.5. The number of carbonyl (C=O) groups excluding carboxylic acids is 1. The summed E-state index contributed by atoms with van der Waals surface area (Å²) >= 11 is 0. The van der Waals surface area contributed by atoms with Crippen LogP contribution in [0.4, 0.5) is 19.4 Å². The van der Waals surface area contributed by atoms with Crippen molar-refractivity contribution in [2.75, 3.05) is 18.5 Å². The van der Waals surface area contributed by atoms with Crippen LogP contribution in [0.25, 0.3) is 0 Å². The molecule has 3 atom stereocenters. The third kappa shape index (κ3) is 5.42. The zero-order chi connectivity index (χ0) is 22.7. The first kappa shape index (κ1) is 22.2. The first-order valence-electron chi connectivity index (χ1n) is 10.8. The van der Waals surface area contributed by atoms with E-state index in [9.17, 15) is 23.5 Å². The Balaban J connectivity index is 1.33. The largest absolute Gasteiger partial charge is 0.465 e. The Bertz CT molecular complexity index is 956. The maximum atomic E-state index is 13.3. The molecular formula is C22H26F2N4O4. The Morgan fingerprint density at radius 1 is 1.19 bits per heavy atom. The number of nitrogens with zero attached hydrogens (tertiary/aromatic N) is 2. The number of carboxylic acid groups (broad SMARTS) is 1. The molecule has 0 bridgehead atoms. The molecular weight excluding hydrogens is 422 g/mol. The number of rotatable bonds is 7. The molecule has 2 fully saturated rings. The number of hydrogen-bond acceptors (Lipinski definition) is 4. The number of H-pyrrole nitrogens is 1. The average molecular weight is 448 g/mol. The van der Waals surface area contributed by atoms with Crippen molar-refractivity contribution in [3.8, 4) is 0 Å². The molecule has 32 heavy (non-hydrogen) atoms. The molecule has 172 valence electrons. The van der Waals surface area contributed by atoms with Gasteiger partial charge in [-0.15, -0.1) is 0 Å². The number of benzene rings is 1. The monoisotopic (exact) mass is 448 g/mol. The van der Waals surface area contributed by atoms with Crippen molar-refractivity contribution in [2.45, 2.75) is 56.6 Å². The summed E-state index contributed by atoms with van der Waals surface area (Å²) in [6.07, 6.45) is 2.90. The van der Waals surface area contributed by atoms with Crippen LogP contribution >= 0.6 is 0 Å². The smallest absolute Gasteiger partial charge is 0.407 e. The normalized spacial score (nSPS) is 22.8. The molecule has 2 aliphatic rings. The number of carbonyl (C=O) groups is 2. The van der Waals surface area contributed by atoms with Crippen LogP contribution in [0.2, 0.25) is 0 Å². The van der Waals surface area contributed by atoms with Gasteiger partial charge in [-0.05, 0) is 49.8 Å². The Labute approximate surface area is 183 Å². The molecule has 4 rings (SSSR count). The molecule has 2 unspecified atom stereocenters. The van der Waals surface area contributed by atoms with E-state index in [1.807, 2.05) is 0 Å². The molecule has 0 spiro atoms. The van der Waals surface area contributed by atoms with E-state index in [2.05, 4.69) is 15.5 Å². The van der Waals surface area contributed by atoms with Crippen molar-refractivity contribution in [1.82, 2.24) is 15.1 Å². The third-order valence-electron chi connectivity index (χ3n) is 6.11. The minimum absolute atomic E-state index is 0.0364. The molecule has 2 amide bonds. The summed E-state index contributed by atoms with van der Waals surface area (Å²) in [5, 5.41) is 19.3. The molecule has 1 aliphatic heterocycles. The van der Waals surface area contributed by atoms with Gasteiger partial charge in [-0.3, -0.25) is 9.89 Å². The molecule has 3 N–H and O–H groups in total. The average Bonchev–Trinajstić information content (AvgIpc) is 3.46. The van der Waals surface area contributed by atoms with Crippen molar-refractivity contribution in [2.24, 2.45) is 0 Å². The Morgan fingerprint density at radius 2 is 1.97 bits per heavy atom. The summed E-state index contributed by atoms with van der Waals surface area (Å²) in [7, 11) is 0. The summed E-state index contributed by atoms with van der Waals surface area (Å²) in [6.45, 7) is 1.07. The zero-order valence-electron chi connectivity index (χ0n) is 17.5. The van der Waals surface area contributed by atoms with Crippen LogP contribution in [-0.4, -0.2) is 57.5 Å². The summed E-state index contributed by atoms with van der Waals surface area (Å²) in [5.74, 6) is -1.49. The third-order valence-corrected chi connectivity index (χ3v) is 6.11. The van der Waals surface area contributed by atoms with E-state index < -0.39 is 23.6 Å². The Kier molecular flexibility index (Phi) is 6.69. The molecule has 1 aromatic heterocycles. The summed E-state index contributed by atoms with van der Waals surface area (Å²) in [6, 6.07) is 4.61. The van der Waals surface area contributed by atoms with E-state index in [-0.39, 0.29) is 30.0 Å². The highest BCUT2D eigenvalue weighted by Crippen LogP contribution is 2.37. The van der Waals surface area contributed by atoms with Gasteiger partial charge in [0.05, 0.1) is 19.1 Å². The molecule has 10 heteroatoms. The molecule has 0 radical (unpaired) electrons. The van der Waals surface area contributed by atoms with E-state index in [1.54, 1.807) is 6.07 Å². The van der Waals surface area contributed by atoms with Crippen LogP contribution in [-0.2, 0) is 16.0 Å². The van der Waals surface area contributed by atoms with Gasteiger partial charge in [0, 0.05) is 36.4 Å². The van der Waals surface area contributed by atoms with Crippen LogP contribution in [0.15, 0.2) is 24.3 Å². The van der Waals surface area contributed by atoms with E-state index in [4.69, 9.17) is 4.74 Å². The summed E-state index contributed by atoms with van der Waals surface area (Å²) in [4.78, 5) is 25.5. The molecule has 1 aliphatic carbocycles. The quantitative estimate of drug-likeness (QED) is 0.599. The minimum Gasteiger partial charge on any atom is -0.465 e. The lowest BCUT2D eigenvalue weighted by Gasteiger charge is -2.28. The number of nitrogens with one attached hydrogen (secondary N) is 2. The van der Waals surface area contributed by atoms with Crippen LogP contribution in [0.1, 0.15) is 49.3 Å². The lowest BCUT2D eigenvalue weighted by molar-refractivity contribution is -0.115. The van der Waals surface area contributed by atoms with Gasteiger partial charge in [0.2, 0.25) is 5.91 Å². The predicted molar refractivity (Wildman–Crippen MR) is 111 cm³/mol. The van der Waals surface area contributed by atoms with Crippen LogP contribution in [0.5, 0.6) is 0 Å². The van der Waals surface area contributed by atoms with E-state index >= 15 is 0 Å². The van der Waals surface area contributed by atoms with Crippen molar-refractivity contribution in [3.63, 3.8) is 0 Å². The number of halogens is 2. The van der Waals surface area contributed by atoms with Crippen molar-refractivity contribution >= 4 is 17.8 Å². The van der Waals surface area contributed by atoms with Crippen LogP contribution < -0.4 is 5.32 Å². The number of hydrogen-bond donors (Lipinski definition) is 3. The van der Waals surface area contributed by atoms with Gasteiger partial charge in [0.15, 0.2) is 5.82 Å². The highest BCUT2D eigenvalue weighted by molar-refractivity contribution is 5.91. The van der Waals surface area contributed by atoms with Gasteiger partial charge in [-0.25, -0.2) is 13.6 Å². The molecule has 1 saturated carbocycles. The predicted octanol–water partition coefficient (Wildman–Crippen LogP) is 3.66. The second kappa shape index (κ2) is 9.64. The fourth-order valence-corrected chi connectivity index (χ4v) is 4.61. The SMILES string of the molecule is O=C(Cc1cc(F)cc(F)c1)Nc1cc(C2CCC(N(C[C@H]3CCCO3)C(=O)O)C2)[nH]n1.